The van der Waals surface area contributed by atoms with Gasteiger partial charge in [0.2, 0.25) is 0 Å². The zero-order valence-corrected chi connectivity index (χ0v) is 13.8. The van der Waals surface area contributed by atoms with Crippen LogP contribution < -0.4 is 5.32 Å². The second-order valence-electron chi connectivity index (χ2n) is 7.00. The summed E-state index contributed by atoms with van der Waals surface area (Å²) in [5, 5.41) is 3.51. The van der Waals surface area contributed by atoms with E-state index in [0.717, 1.165) is 12.5 Å². The van der Waals surface area contributed by atoms with Crippen LogP contribution in [0.2, 0.25) is 0 Å². The van der Waals surface area contributed by atoms with Gasteiger partial charge in [0.1, 0.15) is 0 Å². The summed E-state index contributed by atoms with van der Waals surface area (Å²) in [6.45, 7) is 15.8. The Morgan fingerprint density at radius 1 is 0.950 bits per heavy atom. The molecule has 0 unspecified atom stereocenters. The van der Waals surface area contributed by atoms with Crippen LogP contribution >= 0.6 is 0 Å². The van der Waals surface area contributed by atoms with E-state index in [1.165, 1.54) is 65.2 Å². The number of piperazine rings is 1. The Bertz CT molecular complexity index is 253. The molecule has 0 saturated carbocycles. The standard InChI is InChI=1S/C16H34N4/c1-15(2)17-6-9-19-10-12-20(13-11-19)14-16-4-7-18(3)8-5-16/h15-17H,4-14H2,1-3H3. The van der Waals surface area contributed by atoms with Gasteiger partial charge >= 0.3 is 0 Å². The maximum atomic E-state index is 3.51. The Balaban J connectivity index is 1.57. The maximum Gasteiger partial charge on any atom is 0.0110 e. The Kier molecular flexibility index (Phi) is 6.75. The van der Waals surface area contributed by atoms with Gasteiger partial charge in [-0.15, -0.1) is 0 Å². The minimum Gasteiger partial charge on any atom is -0.313 e. The third-order valence-electron chi connectivity index (χ3n) is 4.80. The lowest BCUT2D eigenvalue weighted by Gasteiger charge is -2.38. The lowest BCUT2D eigenvalue weighted by molar-refractivity contribution is 0.100. The van der Waals surface area contributed by atoms with Crippen molar-refractivity contribution in [3.05, 3.63) is 0 Å². The Morgan fingerprint density at radius 3 is 2.15 bits per heavy atom. The van der Waals surface area contributed by atoms with Crippen molar-refractivity contribution in [2.24, 2.45) is 5.92 Å². The first-order valence-corrected chi connectivity index (χ1v) is 8.50. The molecule has 20 heavy (non-hydrogen) atoms. The van der Waals surface area contributed by atoms with Crippen LogP contribution in [0.3, 0.4) is 0 Å². The van der Waals surface area contributed by atoms with Crippen LogP contribution in [0.15, 0.2) is 0 Å². The fourth-order valence-electron chi connectivity index (χ4n) is 3.32. The van der Waals surface area contributed by atoms with E-state index < -0.39 is 0 Å². The number of rotatable bonds is 6. The molecule has 4 heteroatoms. The molecule has 0 aromatic carbocycles. The van der Waals surface area contributed by atoms with Gasteiger partial charge in [-0.25, -0.2) is 0 Å². The molecule has 2 fully saturated rings. The summed E-state index contributed by atoms with van der Waals surface area (Å²) >= 11 is 0. The number of nitrogens with zero attached hydrogens (tertiary/aromatic N) is 3. The molecule has 0 bridgehead atoms. The number of piperidine rings is 1. The van der Waals surface area contributed by atoms with Gasteiger partial charge in [0.25, 0.3) is 0 Å². The predicted octanol–water partition coefficient (Wildman–Crippen LogP) is 0.944. The van der Waals surface area contributed by atoms with Gasteiger partial charge in [0, 0.05) is 51.9 Å². The zero-order valence-electron chi connectivity index (χ0n) is 13.8. The topological polar surface area (TPSA) is 21.8 Å². The smallest absolute Gasteiger partial charge is 0.0110 e. The molecule has 2 saturated heterocycles. The molecule has 1 N–H and O–H groups in total. The molecular formula is C16H34N4. The van der Waals surface area contributed by atoms with E-state index in [2.05, 4.69) is 40.9 Å². The second-order valence-corrected chi connectivity index (χ2v) is 7.00. The van der Waals surface area contributed by atoms with Crippen LogP contribution in [0.25, 0.3) is 0 Å². The van der Waals surface area contributed by atoms with Gasteiger partial charge in [-0.3, -0.25) is 4.90 Å². The van der Waals surface area contributed by atoms with E-state index in [-0.39, 0.29) is 0 Å². The number of hydrogen-bond donors (Lipinski definition) is 1. The number of hydrogen-bond acceptors (Lipinski definition) is 4. The normalized spacial score (nSPS) is 24.6. The summed E-state index contributed by atoms with van der Waals surface area (Å²) in [6.07, 6.45) is 2.80. The molecule has 0 atom stereocenters. The van der Waals surface area contributed by atoms with Crippen LogP contribution in [0.5, 0.6) is 0 Å². The molecule has 2 aliphatic rings. The summed E-state index contributed by atoms with van der Waals surface area (Å²) in [4.78, 5) is 7.78. The second kappa shape index (κ2) is 8.32. The van der Waals surface area contributed by atoms with E-state index in [1.54, 1.807) is 0 Å². The molecular weight excluding hydrogens is 248 g/mol. The van der Waals surface area contributed by atoms with E-state index in [1.807, 2.05) is 0 Å². The Labute approximate surface area is 125 Å². The van der Waals surface area contributed by atoms with Gasteiger partial charge in [-0.05, 0) is 38.9 Å². The molecule has 0 radical (unpaired) electrons. The van der Waals surface area contributed by atoms with Crippen molar-refractivity contribution in [1.82, 2.24) is 20.0 Å². The first-order chi connectivity index (χ1) is 9.63. The van der Waals surface area contributed by atoms with Crippen molar-refractivity contribution in [3.8, 4) is 0 Å². The van der Waals surface area contributed by atoms with Crippen molar-refractivity contribution in [1.29, 1.82) is 0 Å². The van der Waals surface area contributed by atoms with Crippen molar-refractivity contribution in [2.75, 3.05) is 66.0 Å². The van der Waals surface area contributed by atoms with Crippen molar-refractivity contribution in [3.63, 3.8) is 0 Å². The van der Waals surface area contributed by atoms with Crippen molar-refractivity contribution >= 4 is 0 Å². The molecule has 2 aliphatic heterocycles. The van der Waals surface area contributed by atoms with Crippen LogP contribution in [0.4, 0.5) is 0 Å². The minimum absolute atomic E-state index is 0.612. The van der Waals surface area contributed by atoms with Gasteiger partial charge < -0.3 is 15.1 Å². The summed E-state index contributed by atoms with van der Waals surface area (Å²) in [5.74, 6) is 0.945. The SMILES string of the molecule is CC(C)NCCN1CCN(CC2CCN(C)CC2)CC1. The molecule has 0 aromatic rings. The number of nitrogens with one attached hydrogen (secondary N) is 1. The Hall–Kier alpha value is -0.160. The molecule has 0 spiro atoms. The van der Waals surface area contributed by atoms with E-state index in [9.17, 15) is 0 Å². The van der Waals surface area contributed by atoms with Gasteiger partial charge in [-0.1, -0.05) is 13.8 Å². The zero-order chi connectivity index (χ0) is 14.4. The third-order valence-corrected chi connectivity index (χ3v) is 4.80. The fourth-order valence-corrected chi connectivity index (χ4v) is 3.32. The molecule has 2 rings (SSSR count). The highest BCUT2D eigenvalue weighted by atomic mass is 15.3. The molecule has 0 aromatic heterocycles. The molecule has 2 heterocycles. The van der Waals surface area contributed by atoms with Gasteiger partial charge in [0.05, 0.1) is 0 Å². The first-order valence-electron chi connectivity index (χ1n) is 8.50. The third kappa shape index (κ3) is 5.68. The van der Waals surface area contributed by atoms with Crippen molar-refractivity contribution < 1.29 is 0 Å². The Morgan fingerprint density at radius 2 is 1.55 bits per heavy atom. The molecule has 0 amide bonds. The maximum absolute atomic E-state index is 3.51. The average molecular weight is 282 g/mol. The van der Waals surface area contributed by atoms with E-state index in [4.69, 9.17) is 0 Å². The first kappa shape index (κ1) is 16.2. The highest BCUT2D eigenvalue weighted by Gasteiger charge is 2.22. The van der Waals surface area contributed by atoms with Crippen LogP contribution in [0, 0.1) is 5.92 Å². The highest BCUT2D eigenvalue weighted by molar-refractivity contribution is 4.78. The summed E-state index contributed by atoms with van der Waals surface area (Å²) in [7, 11) is 2.25. The van der Waals surface area contributed by atoms with Crippen LogP contribution in [-0.2, 0) is 0 Å². The van der Waals surface area contributed by atoms with Crippen LogP contribution in [-0.4, -0.2) is 86.7 Å². The average Bonchev–Trinajstić information content (AvgIpc) is 2.43. The highest BCUT2D eigenvalue weighted by Crippen LogP contribution is 2.18. The van der Waals surface area contributed by atoms with Gasteiger partial charge in [-0.2, -0.15) is 0 Å². The van der Waals surface area contributed by atoms with Crippen LogP contribution in [0.1, 0.15) is 26.7 Å². The predicted molar refractivity (Wildman–Crippen MR) is 86.2 cm³/mol. The van der Waals surface area contributed by atoms with Crippen molar-refractivity contribution in [2.45, 2.75) is 32.7 Å². The molecule has 4 nitrogen and oxygen atoms in total. The lowest BCUT2D eigenvalue weighted by Crippen LogP contribution is -2.50. The number of likely N-dealkylation sites (tertiary alicyclic amines) is 1. The minimum atomic E-state index is 0.612. The molecule has 0 aliphatic carbocycles. The van der Waals surface area contributed by atoms with E-state index in [0.29, 0.717) is 6.04 Å². The van der Waals surface area contributed by atoms with E-state index >= 15 is 0 Å². The summed E-state index contributed by atoms with van der Waals surface area (Å²) in [5.41, 5.74) is 0. The molecule has 118 valence electrons. The quantitative estimate of drug-likeness (QED) is 0.783. The summed E-state index contributed by atoms with van der Waals surface area (Å²) < 4.78 is 0. The largest absolute Gasteiger partial charge is 0.313 e. The lowest BCUT2D eigenvalue weighted by atomic mass is 9.96. The van der Waals surface area contributed by atoms with Gasteiger partial charge in [0.15, 0.2) is 0 Å². The fraction of sp³-hybridized carbons (Fsp3) is 1.00. The summed E-state index contributed by atoms with van der Waals surface area (Å²) in [6, 6.07) is 0.612. The monoisotopic (exact) mass is 282 g/mol.